The molecule has 15 heavy (non-hydrogen) atoms. The van der Waals surface area contributed by atoms with E-state index in [1.165, 1.54) is 43.9 Å². The summed E-state index contributed by atoms with van der Waals surface area (Å²) in [4.78, 5) is 2.44. The van der Waals surface area contributed by atoms with Crippen LogP contribution < -0.4 is 5.73 Å². The van der Waals surface area contributed by atoms with Crippen LogP contribution in [0.2, 0.25) is 0 Å². The van der Waals surface area contributed by atoms with Gasteiger partial charge in [0.15, 0.2) is 0 Å². The average Bonchev–Trinajstić information content (AvgIpc) is 2.79. The first-order valence-electron chi connectivity index (χ1n) is 5.58. The third kappa shape index (κ3) is 2.66. The maximum atomic E-state index is 5.78. The molecule has 1 aliphatic rings. The van der Waals surface area contributed by atoms with Crippen molar-refractivity contribution in [1.29, 1.82) is 0 Å². The lowest BCUT2D eigenvalue weighted by Gasteiger charge is -2.14. The topological polar surface area (TPSA) is 55.0 Å². The summed E-state index contributed by atoms with van der Waals surface area (Å²) >= 11 is 1.29. The van der Waals surface area contributed by atoms with Crippen molar-refractivity contribution in [1.82, 2.24) is 14.5 Å². The number of nitrogen functional groups attached to an aromatic ring is 1. The van der Waals surface area contributed by atoms with Gasteiger partial charge in [-0.1, -0.05) is 17.8 Å². The zero-order valence-electron chi connectivity index (χ0n) is 9.15. The molecule has 4 nitrogen and oxygen atoms in total. The first-order valence-corrected chi connectivity index (χ1v) is 6.36. The summed E-state index contributed by atoms with van der Waals surface area (Å²) in [5.41, 5.74) is 6.73. The zero-order chi connectivity index (χ0) is 10.7. The number of hydrogen-bond acceptors (Lipinski definition) is 5. The number of nitrogens with zero attached hydrogens (tertiary/aromatic N) is 3. The van der Waals surface area contributed by atoms with Crippen LogP contribution in [-0.2, 0) is 6.54 Å². The second-order valence-corrected chi connectivity index (χ2v) is 5.05. The summed E-state index contributed by atoms with van der Waals surface area (Å²) in [7, 11) is 0. The molecule has 1 aliphatic heterocycles. The van der Waals surface area contributed by atoms with E-state index in [2.05, 4.69) is 21.4 Å². The SMILES string of the molecule is CCCC1CCN(Cc2nnsc2N)C1. The van der Waals surface area contributed by atoms with Crippen LogP contribution >= 0.6 is 11.5 Å². The third-order valence-electron chi connectivity index (χ3n) is 3.03. The van der Waals surface area contributed by atoms with Crippen molar-refractivity contribution in [3.05, 3.63) is 5.69 Å². The lowest BCUT2D eigenvalue weighted by atomic mass is 10.0. The van der Waals surface area contributed by atoms with Crippen molar-refractivity contribution in [2.45, 2.75) is 32.7 Å². The molecule has 0 spiro atoms. The fourth-order valence-electron chi connectivity index (χ4n) is 2.24. The quantitative estimate of drug-likeness (QED) is 0.849. The Balaban J connectivity index is 1.85. The molecule has 0 radical (unpaired) electrons. The maximum absolute atomic E-state index is 5.78. The average molecular weight is 226 g/mol. The first-order chi connectivity index (χ1) is 7.29. The molecule has 0 bridgehead atoms. The largest absolute Gasteiger partial charge is 0.388 e. The van der Waals surface area contributed by atoms with Crippen LogP contribution in [0.4, 0.5) is 5.00 Å². The van der Waals surface area contributed by atoms with Crippen molar-refractivity contribution in [2.24, 2.45) is 5.92 Å². The third-order valence-corrected chi connectivity index (χ3v) is 3.62. The van der Waals surface area contributed by atoms with Crippen LogP contribution in [0, 0.1) is 5.92 Å². The second kappa shape index (κ2) is 4.90. The predicted molar refractivity (Wildman–Crippen MR) is 62.6 cm³/mol. The highest BCUT2D eigenvalue weighted by molar-refractivity contribution is 7.09. The molecule has 0 aliphatic carbocycles. The Hall–Kier alpha value is -0.680. The molecule has 5 heteroatoms. The molecular weight excluding hydrogens is 208 g/mol. The van der Waals surface area contributed by atoms with Gasteiger partial charge in [0.25, 0.3) is 0 Å². The molecule has 1 aromatic heterocycles. The summed E-state index contributed by atoms with van der Waals surface area (Å²) in [6.07, 6.45) is 3.96. The summed E-state index contributed by atoms with van der Waals surface area (Å²) in [6, 6.07) is 0. The predicted octanol–water partition coefficient (Wildman–Crippen LogP) is 1.74. The van der Waals surface area contributed by atoms with Crippen molar-refractivity contribution in [3.63, 3.8) is 0 Å². The highest BCUT2D eigenvalue weighted by Gasteiger charge is 2.22. The number of rotatable bonds is 4. The molecule has 1 saturated heterocycles. The van der Waals surface area contributed by atoms with E-state index in [9.17, 15) is 0 Å². The van der Waals surface area contributed by atoms with Gasteiger partial charge in [-0.15, -0.1) is 5.10 Å². The molecule has 0 amide bonds. The molecule has 1 fully saturated rings. The van der Waals surface area contributed by atoms with E-state index in [1.54, 1.807) is 0 Å². The van der Waals surface area contributed by atoms with Gasteiger partial charge < -0.3 is 5.73 Å². The van der Waals surface area contributed by atoms with E-state index in [4.69, 9.17) is 5.73 Å². The highest BCUT2D eigenvalue weighted by Crippen LogP contribution is 2.23. The Kier molecular flexibility index (Phi) is 3.53. The van der Waals surface area contributed by atoms with E-state index < -0.39 is 0 Å². The molecule has 1 atom stereocenters. The van der Waals surface area contributed by atoms with Gasteiger partial charge in [-0.3, -0.25) is 4.90 Å². The van der Waals surface area contributed by atoms with E-state index in [1.807, 2.05) is 0 Å². The van der Waals surface area contributed by atoms with Crippen LogP contribution in [0.25, 0.3) is 0 Å². The maximum Gasteiger partial charge on any atom is 0.132 e. The highest BCUT2D eigenvalue weighted by atomic mass is 32.1. The van der Waals surface area contributed by atoms with Gasteiger partial charge in [-0.25, -0.2) is 0 Å². The lowest BCUT2D eigenvalue weighted by Crippen LogP contribution is -2.20. The molecule has 84 valence electrons. The van der Waals surface area contributed by atoms with Gasteiger partial charge in [0.05, 0.1) is 0 Å². The van der Waals surface area contributed by atoms with Crippen LogP contribution in [0.15, 0.2) is 0 Å². The van der Waals surface area contributed by atoms with Gasteiger partial charge in [0.2, 0.25) is 0 Å². The number of likely N-dealkylation sites (tertiary alicyclic amines) is 1. The van der Waals surface area contributed by atoms with E-state index in [0.29, 0.717) is 0 Å². The van der Waals surface area contributed by atoms with Crippen LogP contribution in [0.5, 0.6) is 0 Å². The second-order valence-electron chi connectivity index (χ2n) is 4.26. The Morgan fingerprint density at radius 3 is 3.13 bits per heavy atom. The van der Waals surface area contributed by atoms with E-state index in [-0.39, 0.29) is 0 Å². The van der Waals surface area contributed by atoms with Gasteiger partial charge in [0, 0.05) is 24.6 Å². The molecule has 2 N–H and O–H groups in total. The summed E-state index contributed by atoms with van der Waals surface area (Å²) < 4.78 is 3.86. The monoisotopic (exact) mass is 226 g/mol. The Morgan fingerprint density at radius 1 is 1.60 bits per heavy atom. The first kappa shape index (κ1) is 10.8. The van der Waals surface area contributed by atoms with Crippen molar-refractivity contribution < 1.29 is 0 Å². The minimum atomic E-state index is 0.772. The van der Waals surface area contributed by atoms with Crippen LogP contribution in [0.3, 0.4) is 0 Å². The fourth-order valence-corrected chi connectivity index (χ4v) is 2.68. The smallest absolute Gasteiger partial charge is 0.132 e. The summed E-state index contributed by atoms with van der Waals surface area (Å²) in [5, 5.41) is 4.82. The Bertz CT molecular complexity index is 312. The molecule has 2 rings (SSSR count). The Morgan fingerprint density at radius 2 is 2.47 bits per heavy atom. The van der Waals surface area contributed by atoms with Gasteiger partial charge in [-0.2, -0.15) is 0 Å². The fraction of sp³-hybridized carbons (Fsp3) is 0.800. The molecular formula is C10H18N4S. The lowest BCUT2D eigenvalue weighted by molar-refractivity contribution is 0.309. The zero-order valence-corrected chi connectivity index (χ0v) is 9.96. The number of hydrogen-bond donors (Lipinski definition) is 1. The molecule has 0 saturated carbocycles. The number of aromatic nitrogens is 2. The number of nitrogens with two attached hydrogens (primary N) is 1. The summed E-state index contributed by atoms with van der Waals surface area (Å²) in [5.74, 6) is 0.878. The minimum Gasteiger partial charge on any atom is -0.388 e. The van der Waals surface area contributed by atoms with Gasteiger partial charge in [0.1, 0.15) is 10.7 Å². The minimum absolute atomic E-state index is 0.772. The van der Waals surface area contributed by atoms with E-state index in [0.717, 1.165) is 23.2 Å². The molecule has 0 aromatic carbocycles. The van der Waals surface area contributed by atoms with Gasteiger partial charge >= 0.3 is 0 Å². The van der Waals surface area contributed by atoms with Crippen molar-refractivity contribution in [2.75, 3.05) is 18.8 Å². The standard InChI is InChI=1S/C10H18N4S/c1-2-3-8-4-5-14(6-8)7-9-10(11)15-13-12-9/h8H,2-7,11H2,1H3. The van der Waals surface area contributed by atoms with Crippen molar-refractivity contribution >= 4 is 16.5 Å². The Labute approximate surface area is 94.6 Å². The van der Waals surface area contributed by atoms with Crippen molar-refractivity contribution in [3.8, 4) is 0 Å². The van der Waals surface area contributed by atoms with Crippen LogP contribution in [0.1, 0.15) is 31.9 Å². The normalized spacial score (nSPS) is 22.3. The molecule has 2 heterocycles. The van der Waals surface area contributed by atoms with Crippen LogP contribution in [-0.4, -0.2) is 27.6 Å². The molecule has 1 aromatic rings. The molecule has 1 unspecified atom stereocenters. The van der Waals surface area contributed by atoms with E-state index >= 15 is 0 Å². The summed E-state index contributed by atoms with van der Waals surface area (Å²) in [6.45, 7) is 5.51. The number of anilines is 1. The van der Waals surface area contributed by atoms with Gasteiger partial charge in [-0.05, 0) is 25.3 Å².